The summed E-state index contributed by atoms with van der Waals surface area (Å²) in [7, 11) is 0. The van der Waals surface area contributed by atoms with Gasteiger partial charge in [0.15, 0.2) is 0 Å². The third kappa shape index (κ3) is 8.41. The Morgan fingerprint density at radius 1 is 0.929 bits per heavy atom. The summed E-state index contributed by atoms with van der Waals surface area (Å²) in [4.78, 5) is 0. The summed E-state index contributed by atoms with van der Waals surface area (Å²) in [6.07, 6.45) is 5.96. The fourth-order valence-electron chi connectivity index (χ4n) is 3.08. The van der Waals surface area contributed by atoms with Gasteiger partial charge in [0.2, 0.25) is 0 Å². The molecule has 1 nitrogen and oxygen atoms in total. The molecule has 0 radical (unpaired) electrons. The molecule has 1 fully saturated rings. The normalized spacial score (nSPS) is 17.9. The number of thioether (sulfide) groups is 1. The molecule has 0 bridgehead atoms. The average Bonchev–Trinajstić information content (AvgIpc) is 3.16. The summed E-state index contributed by atoms with van der Waals surface area (Å²) < 4.78 is 5.92. The molecule has 2 atom stereocenters. The lowest BCUT2D eigenvalue weighted by Crippen LogP contribution is -2.11. The molecule has 3 rings (SSSR count). The van der Waals surface area contributed by atoms with E-state index in [-0.39, 0.29) is 0 Å². The minimum atomic E-state index is 0.448. The van der Waals surface area contributed by atoms with Gasteiger partial charge in [0.1, 0.15) is 0 Å². The minimum Gasteiger partial charge on any atom is -0.374 e. The summed E-state index contributed by atoms with van der Waals surface area (Å²) in [5.41, 5.74) is 5.53. The van der Waals surface area contributed by atoms with Crippen molar-refractivity contribution in [2.45, 2.75) is 85.2 Å². The Labute approximate surface area is 178 Å². The highest BCUT2D eigenvalue weighted by molar-refractivity contribution is 7.98. The molecule has 0 aromatic heterocycles. The largest absolute Gasteiger partial charge is 0.374 e. The first kappa shape index (κ1) is 24.8. The molecule has 1 aliphatic heterocycles. The smallest absolute Gasteiger partial charge is 0.0670 e. The van der Waals surface area contributed by atoms with Gasteiger partial charge in [-0.3, -0.25) is 0 Å². The van der Waals surface area contributed by atoms with E-state index in [4.69, 9.17) is 4.74 Å². The van der Waals surface area contributed by atoms with Crippen LogP contribution in [0.2, 0.25) is 0 Å². The number of rotatable bonds is 6. The van der Waals surface area contributed by atoms with E-state index in [1.54, 1.807) is 0 Å². The molecule has 0 N–H and O–H groups in total. The summed E-state index contributed by atoms with van der Waals surface area (Å²) in [5, 5.41) is 0. The molecule has 2 unspecified atom stereocenters. The molecule has 1 heterocycles. The fraction of sp³-hybridized carbons (Fsp3) is 0.538. The number of hydrogen-bond acceptors (Lipinski definition) is 2. The van der Waals surface area contributed by atoms with Gasteiger partial charge in [0.25, 0.3) is 0 Å². The average molecular weight is 401 g/mol. The van der Waals surface area contributed by atoms with Crippen LogP contribution in [0.5, 0.6) is 0 Å². The van der Waals surface area contributed by atoms with Crippen LogP contribution in [0.4, 0.5) is 0 Å². The maximum absolute atomic E-state index is 5.92. The summed E-state index contributed by atoms with van der Waals surface area (Å²) >= 11 is 2.00. The van der Waals surface area contributed by atoms with Gasteiger partial charge in [-0.1, -0.05) is 89.1 Å². The van der Waals surface area contributed by atoms with E-state index in [0.29, 0.717) is 12.2 Å². The van der Waals surface area contributed by atoms with E-state index >= 15 is 0 Å². The van der Waals surface area contributed by atoms with Gasteiger partial charge < -0.3 is 4.74 Å². The number of unbranched alkanes of at least 4 members (excludes halogenated alkanes) is 1. The monoisotopic (exact) mass is 400 g/mol. The molecule has 28 heavy (non-hydrogen) atoms. The molecule has 0 saturated carbocycles. The zero-order chi connectivity index (χ0) is 20.8. The van der Waals surface area contributed by atoms with E-state index < -0.39 is 0 Å². The second kappa shape index (κ2) is 14.7. The Balaban J connectivity index is 0.000000583. The number of aryl methyl sites for hydroxylation is 1. The van der Waals surface area contributed by atoms with Crippen LogP contribution in [0.25, 0.3) is 11.1 Å². The van der Waals surface area contributed by atoms with E-state index in [2.05, 4.69) is 76.2 Å². The predicted molar refractivity (Wildman–Crippen MR) is 128 cm³/mol. The van der Waals surface area contributed by atoms with Gasteiger partial charge in [0.05, 0.1) is 12.2 Å². The van der Waals surface area contributed by atoms with Crippen LogP contribution in [0, 0.1) is 6.92 Å². The molecule has 2 aromatic rings. The van der Waals surface area contributed by atoms with Crippen molar-refractivity contribution in [1.82, 2.24) is 0 Å². The number of benzene rings is 2. The van der Waals surface area contributed by atoms with Gasteiger partial charge in [0, 0.05) is 11.5 Å². The lowest BCUT2D eigenvalue weighted by Gasteiger charge is -2.15. The number of hydrogen-bond donors (Lipinski definition) is 0. The van der Waals surface area contributed by atoms with Gasteiger partial charge in [-0.25, -0.2) is 0 Å². The van der Waals surface area contributed by atoms with Crippen LogP contribution in [-0.4, -0.2) is 18.0 Å². The summed E-state index contributed by atoms with van der Waals surface area (Å²) in [5.74, 6) is 2.16. The lowest BCUT2D eigenvalue weighted by molar-refractivity contribution is 0.0700. The van der Waals surface area contributed by atoms with Crippen molar-refractivity contribution in [2.75, 3.05) is 5.75 Å². The Morgan fingerprint density at radius 2 is 1.61 bits per heavy atom. The maximum atomic E-state index is 5.92. The van der Waals surface area contributed by atoms with Crippen LogP contribution in [0.1, 0.15) is 71.4 Å². The zero-order valence-electron chi connectivity index (χ0n) is 18.8. The third-order valence-electron chi connectivity index (χ3n) is 4.87. The van der Waals surface area contributed by atoms with Crippen LogP contribution < -0.4 is 0 Å². The predicted octanol–water partition coefficient (Wildman–Crippen LogP) is 8.30. The first-order chi connectivity index (χ1) is 13.7. The van der Waals surface area contributed by atoms with Gasteiger partial charge in [-0.15, -0.1) is 0 Å². The Hall–Kier alpha value is -1.25. The van der Waals surface area contributed by atoms with Crippen LogP contribution in [0.15, 0.2) is 48.5 Å². The van der Waals surface area contributed by atoms with Crippen molar-refractivity contribution >= 4 is 11.8 Å². The third-order valence-corrected chi connectivity index (χ3v) is 5.97. The Morgan fingerprint density at radius 3 is 2.18 bits per heavy atom. The van der Waals surface area contributed by atoms with Gasteiger partial charge in [-0.05, 0) is 48.9 Å². The fourth-order valence-corrected chi connectivity index (χ4v) is 4.30. The molecule has 2 aromatic carbocycles. The SMILES string of the molecule is CC.CCCC.Cc1cccc(-c2ccccc2)c1CSCC1CCC(C)O1. The zero-order valence-corrected chi connectivity index (χ0v) is 19.6. The van der Waals surface area contributed by atoms with Gasteiger partial charge >= 0.3 is 0 Å². The molecule has 0 amide bonds. The quantitative estimate of drug-likeness (QED) is 0.482. The van der Waals surface area contributed by atoms with Crippen molar-refractivity contribution in [3.05, 3.63) is 59.7 Å². The number of ether oxygens (including phenoxy) is 1. The van der Waals surface area contributed by atoms with Crippen molar-refractivity contribution in [1.29, 1.82) is 0 Å². The van der Waals surface area contributed by atoms with Crippen LogP contribution in [-0.2, 0) is 10.5 Å². The van der Waals surface area contributed by atoms with E-state index in [0.717, 1.165) is 11.5 Å². The first-order valence-electron chi connectivity index (χ1n) is 11.0. The minimum absolute atomic E-state index is 0.448. The maximum Gasteiger partial charge on any atom is 0.0670 e. The van der Waals surface area contributed by atoms with Crippen molar-refractivity contribution in [2.24, 2.45) is 0 Å². The highest BCUT2D eigenvalue weighted by atomic mass is 32.2. The molecular weight excluding hydrogens is 360 g/mol. The molecule has 2 heteroatoms. The highest BCUT2D eigenvalue weighted by Crippen LogP contribution is 2.31. The topological polar surface area (TPSA) is 9.23 Å². The second-order valence-electron chi connectivity index (χ2n) is 7.13. The van der Waals surface area contributed by atoms with Crippen molar-refractivity contribution < 1.29 is 4.74 Å². The summed E-state index contributed by atoms with van der Waals surface area (Å²) in [6, 6.07) is 17.3. The Bertz CT molecular complexity index is 636. The van der Waals surface area contributed by atoms with Crippen molar-refractivity contribution in [3.63, 3.8) is 0 Å². The van der Waals surface area contributed by atoms with E-state index in [1.165, 1.54) is 47.9 Å². The molecular formula is C26H40OS. The molecule has 0 aliphatic carbocycles. The highest BCUT2D eigenvalue weighted by Gasteiger charge is 2.21. The molecule has 0 spiro atoms. The van der Waals surface area contributed by atoms with E-state index in [9.17, 15) is 0 Å². The molecule has 1 aliphatic rings. The van der Waals surface area contributed by atoms with Gasteiger partial charge in [-0.2, -0.15) is 11.8 Å². The standard InChI is InChI=1S/C20H24OS.C4H10.C2H6/c1-15-7-6-10-19(17-8-4-3-5-9-17)20(15)14-22-13-18-12-11-16(2)21-18;1-3-4-2;1-2/h3-10,16,18H,11-14H2,1-2H3;3-4H2,1-2H3;1-2H3. The lowest BCUT2D eigenvalue weighted by atomic mass is 9.97. The second-order valence-corrected chi connectivity index (χ2v) is 8.16. The molecule has 156 valence electrons. The first-order valence-corrected chi connectivity index (χ1v) is 12.2. The summed E-state index contributed by atoms with van der Waals surface area (Å²) in [6.45, 7) is 12.8. The molecule has 1 saturated heterocycles. The van der Waals surface area contributed by atoms with Crippen LogP contribution in [0.3, 0.4) is 0 Å². The Kier molecular flexibility index (Phi) is 13.0. The van der Waals surface area contributed by atoms with E-state index in [1.807, 2.05) is 25.6 Å². The van der Waals surface area contributed by atoms with Crippen molar-refractivity contribution in [3.8, 4) is 11.1 Å². The van der Waals surface area contributed by atoms with Crippen LogP contribution >= 0.6 is 11.8 Å².